The summed E-state index contributed by atoms with van der Waals surface area (Å²) >= 11 is 0. The first-order valence-corrected chi connectivity index (χ1v) is 5.83. The molecular formula is C15H12ClF3O2. The van der Waals surface area contributed by atoms with E-state index in [4.69, 9.17) is 0 Å². The van der Waals surface area contributed by atoms with Crippen molar-refractivity contribution in [2.75, 3.05) is 0 Å². The minimum atomic E-state index is -4.74. The molecule has 0 spiro atoms. The van der Waals surface area contributed by atoms with Crippen LogP contribution in [0.5, 0.6) is 5.75 Å². The van der Waals surface area contributed by atoms with Crippen LogP contribution in [0.15, 0.2) is 48.5 Å². The van der Waals surface area contributed by atoms with Gasteiger partial charge in [0.15, 0.2) is 5.78 Å². The van der Waals surface area contributed by atoms with Crippen LogP contribution in [0.25, 0.3) is 11.1 Å². The number of rotatable bonds is 3. The molecule has 0 heterocycles. The van der Waals surface area contributed by atoms with Gasteiger partial charge in [-0.25, -0.2) is 0 Å². The Kier molecular flexibility index (Phi) is 5.38. The molecule has 21 heavy (non-hydrogen) atoms. The van der Waals surface area contributed by atoms with Crippen molar-refractivity contribution in [3.63, 3.8) is 0 Å². The highest BCUT2D eigenvalue weighted by Gasteiger charge is 2.32. The molecule has 0 aliphatic rings. The molecule has 6 heteroatoms. The van der Waals surface area contributed by atoms with E-state index in [1.807, 2.05) is 0 Å². The summed E-state index contributed by atoms with van der Waals surface area (Å²) < 4.78 is 41.0. The number of hydrogen-bond acceptors (Lipinski definition) is 2. The Labute approximate surface area is 126 Å². The van der Waals surface area contributed by atoms with Gasteiger partial charge >= 0.3 is 6.36 Å². The quantitative estimate of drug-likeness (QED) is 0.755. The Morgan fingerprint density at radius 1 is 1.00 bits per heavy atom. The second-order valence-electron chi connectivity index (χ2n) is 4.18. The number of para-hydroxylation sites is 1. The second-order valence-corrected chi connectivity index (χ2v) is 4.18. The monoisotopic (exact) mass is 316 g/mol. The number of carbonyl (C=O) groups is 1. The van der Waals surface area contributed by atoms with Crippen LogP contribution in [0.3, 0.4) is 0 Å². The fourth-order valence-corrected chi connectivity index (χ4v) is 1.80. The van der Waals surface area contributed by atoms with Crippen LogP contribution in [0.2, 0.25) is 0 Å². The third-order valence-electron chi connectivity index (χ3n) is 2.72. The molecule has 2 rings (SSSR count). The molecule has 0 saturated heterocycles. The summed E-state index contributed by atoms with van der Waals surface area (Å²) in [5.74, 6) is -0.369. The Bertz CT molecular complexity index is 622. The molecule has 2 aromatic rings. The van der Waals surface area contributed by atoms with Crippen LogP contribution in [0.4, 0.5) is 13.2 Å². The van der Waals surface area contributed by atoms with E-state index in [1.165, 1.54) is 25.1 Å². The van der Waals surface area contributed by atoms with Crippen molar-refractivity contribution in [2.45, 2.75) is 13.3 Å². The number of hydrogen-bond donors (Lipinski definition) is 0. The predicted molar refractivity (Wildman–Crippen MR) is 75.8 cm³/mol. The molecule has 0 saturated carbocycles. The van der Waals surface area contributed by atoms with Gasteiger partial charge in [0.05, 0.1) is 0 Å². The largest absolute Gasteiger partial charge is 0.573 e. The average Bonchev–Trinajstić information content (AvgIpc) is 2.37. The molecule has 0 aromatic heterocycles. The summed E-state index contributed by atoms with van der Waals surface area (Å²) in [6, 6.07) is 12.2. The van der Waals surface area contributed by atoms with Crippen LogP contribution in [-0.2, 0) is 0 Å². The number of carbonyl (C=O) groups excluding carboxylic acids is 1. The maximum Gasteiger partial charge on any atom is 0.573 e. The first-order chi connectivity index (χ1) is 9.37. The molecule has 0 atom stereocenters. The van der Waals surface area contributed by atoms with Gasteiger partial charge in [0, 0.05) is 11.1 Å². The molecular weight excluding hydrogens is 305 g/mol. The molecule has 0 radical (unpaired) electrons. The van der Waals surface area contributed by atoms with E-state index in [-0.39, 0.29) is 23.9 Å². The summed E-state index contributed by atoms with van der Waals surface area (Å²) in [7, 11) is 0. The maximum atomic E-state index is 12.3. The smallest absolute Gasteiger partial charge is 0.405 e. The van der Waals surface area contributed by atoms with Crippen LogP contribution < -0.4 is 4.74 Å². The first kappa shape index (κ1) is 17.0. The van der Waals surface area contributed by atoms with Gasteiger partial charge in [-0.15, -0.1) is 25.6 Å². The van der Waals surface area contributed by atoms with Crippen LogP contribution in [-0.4, -0.2) is 12.1 Å². The molecule has 0 aliphatic heterocycles. The highest BCUT2D eigenvalue weighted by Crippen LogP contribution is 2.33. The van der Waals surface area contributed by atoms with Crippen molar-refractivity contribution >= 4 is 18.2 Å². The second kappa shape index (κ2) is 6.63. The van der Waals surface area contributed by atoms with Crippen molar-refractivity contribution in [1.29, 1.82) is 0 Å². The molecule has 0 bridgehead atoms. The predicted octanol–water partition coefficient (Wildman–Crippen LogP) is 4.88. The van der Waals surface area contributed by atoms with E-state index in [9.17, 15) is 18.0 Å². The van der Waals surface area contributed by atoms with Crippen molar-refractivity contribution in [2.24, 2.45) is 0 Å². The van der Waals surface area contributed by atoms with Crippen molar-refractivity contribution < 1.29 is 22.7 Å². The third-order valence-corrected chi connectivity index (χ3v) is 2.72. The van der Waals surface area contributed by atoms with E-state index in [0.717, 1.165) is 0 Å². The van der Waals surface area contributed by atoms with E-state index in [0.29, 0.717) is 16.7 Å². The van der Waals surface area contributed by atoms with Crippen LogP contribution in [0.1, 0.15) is 17.3 Å². The van der Waals surface area contributed by atoms with Gasteiger partial charge < -0.3 is 4.74 Å². The molecule has 2 aromatic carbocycles. The normalized spacial score (nSPS) is 10.7. The number of benzene rings is 2. The molecule has 0 amide bonds. The lowest BCUT2D eigenvalue weighted by atomic mass is 10.0. The summed E-state index contributed by atoms with van der Waals surface area (Å²) in [4.78, 5) is 11.2. The summed E-state index contributed by atoms with van der Waals surface area (Å²) in [6.07, 6.45) is -4.74. The molecule has 0 N–H and O–H groups in total. The third kappa shape index (κ3) is 4.49. The fraction of sp³-hybridized carbons (Fsp3) is 0.133. The Hall–Kier alpha value is -2.01. The van der Waals surface area contributed by atoms with E-state index >= 15 is 0 Å². The van der Waals surface area contributed by atoms with Crippen molar-refractivity contribution in [1.82, 2.24) is 0 Å². The first-order valence-electron chi connectivity index (χ1n) is 5.83. The van der Waals surface area contributed by atoms with E-state index in [2.05, 4.69) is 4.74 Å². The van der Waals surface area contributed by atoms with E-state index in [1.54, 1.807) is 30.3 Å². The van der Waals surface area contributed by atoms with Crippen LogP contribution >= 0.6 is 12.4 Å². The number of Topliss-reactive ketones (excluding diaryl/α,β-unsaturated/α-hetero) is 1. The topological polar surface area (TPSA) is 26.3 Å². The minimum Gasteiger partial charge on any atom is -0.405 e. The van der Waals surface area contributed by atoms with Crippen molar-refractivity contribution in [3.8, 4) is 16.9 Å². The minimum absolute atomic E-state index is 0. The van der Waals surface area contributed by atoms with E-state index < -0.39 is 6.36 Å². The fourth-order valence-electron chi connectivity index (χ4n) is 1.80. The molecule has 2 nitrogen and oxygen atoms in total. The van der Waals surface area contributed by atoms with Gasteiger partial charge in [0.2, 0.25) is 0 Å². The van der Waals surface area contributed by atoms with Gasteiger partial charge in [0.25, 0.3) is 0 Å². The number of alkyl halides is 3. The van der Waals surface area contributed by atoms with Gasteiger partial charge in [-0.05, 0) is 18.6 Å². The van der Waals surface area contributed by atoms with Gasteiger partial charge in [-0.2, -0.15) is 0 Å². The zero-order chi connectivity index (χ0) is 14.8. The zero-order valence-corrected chi connectivity index (χ0v) is 11.8. The lowest BCUT2D eigenvalue weighted by molar-refractivity contribution is -0.274. The van der Waals surface area contributed by atoms with Crippen molar-refractivity contribution in [3.05, 3.63) is 54.1 Å². The zero-order valence-electron chi connectivity index (χ0n) is 11.0. The Balaban J connectivity index is 0.00000220. The molecule has 0 unspecified atom stereocenters. The van der Waals surface area contributed by atoms with Gasteiger partial charge in [-0.1, -0.05) is 42.5 Å². The summed E-state index contributed by atoms with van der Waals surface area (Å²) in [5, 5.41) is 0. The lowest BCUT2D eigenvalue weighted by Crippen LogP contribution is -2.17. The maximum absolute atomic E-state index is 12.3. The Morgan fingerprint density at radius 2 is 1.57 bits per heavy atom. The van der Waals surface area contributed by atoms with Crippen LogP contribution in [0, 0.1) is 0 Å². The Morgan fingerprint density at radius 3 is 2.10 bits per heavy atom. The standard InChI is InChI=1S/C15H11F3O2.ClH/c1-10(19)11-6-8-12(9-7-11)13-4-2-3-5-14(13)20-15(16,17)18;/h2-9H,1H3;1H. The number of ketones is 1. The number of halogens is 4. The molecule has 0 aliphatic carbocycles. The van der Waals surface area contributed by atoms with Gasteiger partial charge in [-0.3, -0.25) is 4.79 Å². The number of ether oxygens (including phenoxy) is 1. The average molecular weight is 317 g/mol. The lowest BCUT2D eigenvalue weighted by Gasteiger charge is -2.13. The highest BCUT2D eigenvalue weighted by molar-refractivity contribution is 5.94. The molecule has 112 valence electrons. The van der Waals surface area contributed by atoms with Gasteiger partial charge in [0.1, 0.15) is 5.75 Å². The highest BCUT2D eigenvalue weighted by atomic mass is 35.5. The summed E-state index contributed by atoms with van der Waals surface area (Å²) in [5.41, 5.74) is 1.37. The molecule has 0 fully saturated rings. The summed E-state index contributed by atoms with van der Waals surface area (Å²) in [6.45, 7) is 1.43. The SMILES string of the molecule is CC(=O)c1ccc(-c2ccccc2OC(F)(F)F)cc1.Cl.